The molecule has 2 aromatic rings. The zero-order chi connectivity index (χ0) is 14.2. The van der Waals surface area contributed by atoms with Crippen molar-refractivity contribution in [3.63, 3.8) is 0 Å². The number of nitrogens with zero attached hydrogens (tertiary/aromatic N) is 2. The molecule has 5 nitrogen and oxygen atoms in total. The van der Waals surface area contributed by atoms with Crippen molar-refractivity contribution < 1.29 is 9.21 Å². The van der Waals surface area contributed by atoms with Gasteiger partial charge in [-0.3, -0.25) is 9.48 Å². The van der Waals surface area contributed by atoms with Crippen molar-refractivity contribution in [2.24, 2.45) is 7.05 Å². The van der Waals surface area contributed by atoms with Crippen molar-refractivity contribution in [3.05, 3.63) is 35.4 Å². The fourth-order valence-corrected chi connectivity index (χ4v) is 1.75. The van der Waals surface area contributed by atoms with Crippen molar-refractivity contribution in [1.82, 2.24) is 9.78 Å². The van der Waals surface area contributed by atoms with Crippen LogP contribution in [0, 0.1) is 6.92 Å². The van der Waals surface area contributed by atoms with Crippen LogP contribution in [0.5, 0.6) is 0 Å². The number of carbonyl (C=O) groups is 1. The molecule has 2 aromatic heterocycles. The Bertz CT molecular complexity index is 602. The molecule has 0 aliphatic heterocycles. The first-order valence-corrected chi connectivity index (χ1v) is 6.19. The summed E-state index contributed by atoms with van der Waals surface area (Å²) >= 11 is 0. The number of rotatable bonds is 2. The maximum Gasteiger partial charge on any atom is 0.260 e. The van der Waals surface area contributed by atoms with E-state index < -0.39 is 0 Å². The number of anilines is 1. The summed E-state index contributed by atoms with van der Waals surface area (Å²) in [5.41, 5.74) is 1.43. The van der Waals surface area contributed by atoms with E-state index in [0.29, 0.717) is 17.1 Å². The van der Waals surface area contributed by atoms with Gasteiger partial charge in [-0.25, -0.2) is 0 Å². The van der Waals surface area contributed by atoms with Gasteiger partial charge < -0.3 is 9.73 Å². The minimum atomic E-state index is -0.185. The fourth-order valence-electron chi connectivity index (χ4n) is 1.75. The molecule has 0 spiro atoms. The van der Waals surface area contributed by atoms with Gasteiger partial charge in [0.1, 0.15) is 11.6 Å². The zero-order valence-corrected chi connectivity index (χ0v) is 11.9. The fraction of sp³-hybridized carbons (Fsp3) is 0.429. The second kappa shape index (κ2) is 4.57. The number of hydrogen-bond acceptors (Lipinski definition) is 3. The maximum absolute atomic E-state index is 12.1. The zero-order valence-electron chi connectivity index (χ0n) is 11.9. The lowest BCUT2D eigenvalue weighted by atomic mass is 9.92. The Hall–Kier alpha value is -2.04. The SMILES string of the molecule is Cc1occc1C(=O)Nc1cc(C(C)(C)C)nn1C. The number of aromatic nitrogens is 2. The molecule has 2 rings (SSSR count). The predicted octanol–water partition coefficient (Wildman–Crippen LogP) is 2.87. The van der Waals surface area contributed by atoms with Gasteiger partial charge in [0.05, 0.1) is 17.5 Å². The minimum Gasteiger partial charge on any atom is -0.469 e. The lowest BCUT2D eigenvalue weighted by molar-refractivity contribution is 0.102. The smallest absolute Gasteiger partial charge is 0.260 e. The lowest BCUT2D eigenvalue weighted by Gasteiger charge is -2.13. The van der Waals surface area contributed by atoms with Crippen LogP contribution in [-0.4, -0.2) is 15.7 Å². The van der Waals surface area contributed by atoms with E-state index in [4.69, 9.17) is 4.42 Å². The highest BCUT2D eigenvalue weighted by Crippen LogP contribution is 2.23. The van der Waals surface area contributed by atoms with Gasteiger partial charge in [0.2, 0.25) is 0 Å². The molecular weight excluding hydrogens is 242 g/mol. The normalized spacial score (nSPS) is 11.6. The van der Waals surface area contributed by atoms with E-state index in [1.54, 1.807) is 17.7 Å². The summed E-state index contributed by atoms with van der Waals surface area (Å²) in [5.74, 6) is 1.10. The van der Waals surface area contributed by atoms with Crippen molar-refractivity contribution >= 4 is 11.7 Å². The summed E-state index contributed by atoms with van der Waals surface area (Å²) in [4.78, 5) is 12.1. The lowest BCUT2D eigenvalue weighted by Crippen LogP contribution is -2.14. The molecule has 5 heteroatoms. The van der Waals surface area contributed by atoms with Crippen molar-refractivity contribution in [3.8, 4) is 0 Å². The summed E-state index contributed by atoms with van der Waals surface area (Å²) < 4.78 is 6.80. The first kappa shape index (κ1) is 13.4. The number of nitrogens with one attached hydrogen (secondary N) is 1. The van der Waals surface area contributed by atoms with Crippen LogP contribution in [0.15, 0.2) is 22.8 Å². The molecule has 0 atom stereocenters. The van der Waals surface area contributed by atoms with Crippen LogP contribution in [-0.2, 0) is 12.5 Å². The summed E-state index contributed by atoms with van der Waals surface area (Å²) in [6, 6.07) is 3.55. The van der Waals surface area contributed by atoms with E-state index in [2.05, 4.69) is 31.2 Å². The summed E-state index contributed by atoms with van der Waals surface area (Å²) in [6.45, 7) is 8.02. The summed E-state index contributed by atoms with van der Waals surface area (Å²) in [6.07, 6.45) is 1.51. The molecule has 0 saturated carbocycles. The number of carbonyl (C=O) groups excluding carboxylic acids is 1. The molecule has 0 fully saturated rings. The molecule has 19 heavy (non-hydrogen) atoms. The third-order valence-electron chi connectivity index (χ3n) is 2.99. The van der Waals surface area contributed by atoms with Crippen LogP contribution in [0.3, 0.4) is 0 Å². The Morgan fingerprint density at radius 3 is 2.58 bits per heavy atom. The Kier molecular flexibility index (Phi) is 3.22. The second-order valence-corrected chi connectivity index (χ2v) is 5.63. The number of amides is 1. The largest absolute Gasteiger partial charge is 0.469 e. The molecule has 0 saturated heterocycles. The monoisotopic (exact) mass is 261 g/mol. The van der Waals surface area contributed by atoms with Crippen LogP contribution in [0.2, 0.25) is 0 Å². The second-order valence-electron chi connectivity index (χ2n) is 5.63. The van der Waals surface area contributed by atoms with Gasteiger partial charge in [-0.1, -0.05) is 20.8 Å². The molecule has 102 valence electrons. The molecule has 0 aliphatic carbocycles. The topological polar surface area (TPSA) is 60.1 Å². The van der Waals surface area contributed by atoms with Gasteiger partial charge in [-0.2, -0.15) is 5.10 Å². The Balaban J connectivity index is 2.23. The first-order valence-electron chi connectivity index (χ1n) is 6.19. The van der Waals surface area contributed by atoms with E-state index in [1.807, 2.05) is 13.1 Å². The summed E-state index contributed by atoms with van der Waals surface area (Å²) in [5, 5.41) is 7.26. The molecular formula is C14H19N3O2. The molecule has 1 amide bonds. The van der Waals surface area contributed by atoms with E-state index in [-0.39, 0.29) is 11.3 Å². The van der Waals surface area contributed by atoms with Crippen LogP contribution < -0.4 is 5.32 Å². The molecule has 0 bridgehead atoms. The highest BCUT2D eigenvalue weighted by atomic mass is 16.3. The van der Waals surface area contributed by atoms with Gasteiger partial charge in [0.25, 0.3) is 5.91 Å². The Morgan fingerprint density at radius 2 is 2.11 bits per heavy atom. The van der Waals surface area contributed by atoms with Crippen LogP contribution in [0.4, 0.5) is 5.82 Å². The van der Waals surface area contributed by atoms with E-state index in [9.17, 15) is 4.79 Å². The van der Waals surface area contributed by atoms with Crippen molar-refractivity contribution in [2.45, 2.75) is 33.1 Å². The van der Waals surface area contributed by atoms with E-state index in [0.717, 1.165) is 5.69 Å². The number of hydrogen-bond donors (Lipinski definition) is 1. The molecule has 1 N–H and O–H groups in total. The maximum atomic E-state index is 12.1. The van der Waals surface area contributed by atoms with Gasteiger partial charge in [0, 0.05) is 18.5 Å². The quantitative estimate of drug-likeness (QED) is 0.904. The summed E-state index contributed by atoms with van der Waals surface area (Å²) in [7, 11) is 1.81. The molecule has 0 aliphatic rings. The number of furan rings is 1. The van der Waals surface area contributed by atoms with E-state index >= 15 is 0 Å². The first-order chi connectivity index (χ1) is 8.79. The van der Waals surface area contributed by atoms with Gasteiger partial charge in [0.15, 0.2) is 0 Å². The third kappa shape index (κ3) is 2.70. The van der Waals surface area contributed by atoms with Crippen molar-refractivity contribution in [2.75, 3.05) is 5.32 Å². The Labute approximate surface area is 112 Å². The minimum absolute atomic E-state index is 0.0493. The molecule has 2 heterocycles. The van der Waals surface area contributed by atoms with Gasteiger partial charge >= 0.3 is 0 Å². The standard InChI is InChI=1S/C14H19N3O2/c1-9-10(6-7-19-9)13(18)15-12-8-11(14(2,3)4)16-17(12)5/h6-8H,1-5H3,(H,15,18). The Morgan fingerprint density at radius 1 is 1.42 bits per heavy atom. The molecule has 0 radical (unpaired) electrons. The van der Waals surface area contributed by atoms with Crippen molar-refractivity contribution in [1.29, 1.82) is 0 Å². The number of aryl methyl sites for hydroxylation is 2. The van der Waals surface area contributed by atoms with Crippen LogP contribution in [0.1, 0.15) is 42.6 Å². The van der Waals surface area contributed by atoms with Crippen LogP contribution >= 0.6 is 0 Å². The molecule has 0 unspecified atom stereocenters. The highest BCUT2D eigenvalue weighted by Gasteiger charge is 2.20. The van der Waals surface area contributed by atoms with E-state index in [1.165, 1.54) is 6.26 Å². The van der Waals surface area contributed by atoms with Gasteiger partial charge in [-0.15, -0.1) is 0 Å². The predicted molar refractivity (Wildman–Crippen MR) is 73.3 cm³/mol. The third-order valence-corrected chi connectivity index (χ3v) is 2.99. The highest BCUT2D eigenvalue weighted by molar-refractivity contribution is 6.04. The van der Waals surface area contributed by atoms with Crippen LogP contribution in [0.25, 0.3) is 0 Å². The average molecular weight is 261 g/mol. The molecule has 0 aromatic carbocycles. The average Bonchev–Trinajstić information content (AvgIpc) is 2.85. The van der Waals surface area contributed by atoms with Gasteiger partial charge in [-0.05, 0) is 13.0 Å².